The third kappa shape index (κ3) is 1.25. The number of alkyl halides is 1. The monoisotopic (exact) mass is 160 g/mol. The Balaban J connectivity index is 2.81. The molecule has 0 saturated heterocycles. The third-order valence-corrected chi connectivity index (χ3v) is 1.96. The average Bonchev–Trinajstić information content (AvgIpc) is 1.95. The maximum atomic E-state index is 13.1. The molecule has 3 nitrogen and oxygen atoms in total. The second-order valence-corrected chi connectivity index (χ2v) is 2.74. The summed E-state index contributed by atoms with van der Waals surface area (Å²) in [6.07, 6.45) is 0.982. The van der Waals surface area contributed by atoms with Gasteiger partial charge in [0.15, 0.2) is 5.78 Å². The smallest absolute Gasteiger partial charge is 0.349 e. The van der Waals surface area contributed by atoms with E-state index in [9.17, 15) is 14.0 Å². The van der Waals surface area contributed by atoms with E-state index in [-0.39, 0.29) is 12.8 Å². The second-order valence-electron chi connectivity index (χ2n) is 2.74. The van der Waals surface area contributed by atoms with E-state index in [0.717, 1.165) is 0 Å². The number of hydrogen-bond acceptors (Lipinski definition) is 2. The number of carbonyl (C=O) groups excluding carboxylic acids is 1. The number of carboxylic acids is 1. The molecule has 1 fully saturated rings. The number of carboxylic acid groups (broad SMARTS) is 1. The van der Waals surface area contributed by atoms with Gasteiger partial charge in [0.25, 0.3) is 5.67 Å². The van der Waals surface area contributed by atoms with Crippen LogP contribution in [0.4, 0.5) is 4.39 Å². The minimum atomic E-state index is -2.59. The zero-order chi connectivity index (χ0) is 8.48. The molecule has 1 unspecified atom stereocenters. The van der Waals surface area contributed by atoms with Crippen LogP contribution >= 0.6 is 0 Å². The lowest BCUT2D eigenvalue weighted by Crippen LogP contribution is -2.44. The largest absolute Gasteiger partial charge is 0.479 e. The quantitative estimate of drug-likeness (QED) is 0.580. The molecule has 62 valence electrons. The van der Waals surface area contributed by atoms with E-state index < -0.39 is 17.4 Å². The maximum absolute atomic E-state index is 13.1. The van der Waals surface area contributed by atoms with Crippen molar-refractivity contribution in [3.8, 4) is 0 Å². The Hall–Kier alpha value is -0.930. The molecule has 0 aromatic heterocycles. The highest BCUT2D eigenvalue weighted by molar-refractivity contribution is 6.06. The Bertz CT molecular complexity index is 202. The standard InChI is InChI=1S/C7H9FO3/c8-7(6(10)11)4-2-1-3-5(7)9/h1-4H2,(H,10,11). The van der Waals surface area contributed by atoms with Crippen LogP contribution in [0.5, 0.6) is 0 Å². The summed E-state index contributed by atoms with van der Waals surface area (Å²) in [7, 11) is 0. The molecule has 1 aliphatic rings. The van der Waals surface area contributed by atoms with Crippen LogP contribution in [-0.4, -0.2) is 22.5 Å². The van der Waals surface area contributed by atoms with Crippen molar-refractivity contribution in [3.05, 3.63) is 0 Å². The number of aliphatic carboxylic acids is 1. The van der Waals surface area contributed by atoms with Gasteiger partial charge in [-0.25, -0.2) is 9.18 Å². The first-order valence-corrected chi connectivity index (χ1v) is 3.53. The molecular weight excluding hydrogens is 151 g/mol. The highest BCUT2D eigenvalue weighted by atomic mass is 19.1. The minimum Gasteiger partial charge on any atom is -0.479 e. The first-order chi connectivity index (χ1) is 5.07. The Kier molecular flexibility index (Phi) is 1.93. The second kappa shape index (κ2) is 2.60. The van der Waals surface area contributed by atoms with Crippen molar-refractivity contribution >= 4 is 11.8 Å². The van der Waals surface area contributed by atoms with Crippen LogP contribution in [0, 0.1) is 0 Å². The summed E-state index contributed by atoms with van der Waals surface area (Å²) in [4.78, 5) is 21.1. The van der Waals surface area contributed by atoms with Gasteiger partial charge in [-0.2, -0.15) is 0 Å². The van der Waals surface area contributed by atoms with Gasteiger partial charge >= 0.3 is 5.97 Å². The number of halogens is 1. The first kappa shape index (κ1) is 8.17. The predicted molar refractivity (Wildman–Crippen MR) is 34.9 cm³/mol. The number of ketones is 1. The van der Waals surface area contributed by atoms with Gasteiger partial charge in [-0.1, -0.05) is 0 Å². The molecule has 11 heavy (non-hydrogen) atoms. The number of carbonyl (C=O) groups is 2. The molecule has 1 saturated carbocycles. The van der Waals surface area contributed by atoms with Crippen LogP contribution in [0.1, 0.15) is 25.7 Å². The number of hydrogen-bond donors (Lipinski definition) is 1. The minimum absolute atomic E-state index is 0.0583. The normalized spacial score (nSPS) is 31.9. The van der Waals surface area contributed by atoms with Gasteiger partial charge in [0, 0.05) is 6.42 Å². The summed E-state index contributed by atoms with van der Waals surface area (Å²) >= 11 is 0. The average molecular weight is 160 g/mol. The fourth-order valence-corrected chi connectivity index (χ4v) is 1.22. The van der Waals surface area contributed by atoms with Crippen LogP contribution in [0.25, 0.3) is 0 Å². The van der Waals surface area contributed by atoms with Gasteiger partial charge in [-0.05, 0) is 19.3 Å². The first-order valence-electron chi connectivity index (χ1n) is 3.53. The van der Waals surface area contributed by atoms with E-state index in [1.165, 1.54) is 0 Å². The topological polar surface area (TPSA) is 54.4 Å². The molecule has 0 radical (unpaired) electrons. The zero-order valence-corrected chi connectivity index (χ0v) is 5.97. The Morgan fingerprint density at radius 3 is 2.55 bits per heavy atom. The molecule has 0 aromatic rings. The van der Waals surface area contributed by atoms with Crippen molar-refractivity contribution in [2.24, 2.45) is 0 Å². The van der Waals surface area contributed by atoms with E-state index in [0.29, 0.717) is 12.8 Å². The van der Waals surface area contributed by atoms with Gasteiger partial charge in [-0.3, -0.25) is 4.79 Å². The molecule has 0 aromatic carbocycles. The summed E-state index contributed by atoms with van der Waals surface area (Å²) < 4.78 is 13.1. The highest BCUT2D eigenvalue weighted by Crippen LogP contribution is 2.28. The van der Waals surface area contributed by atoms with E-state index in [4.69, 9.17) is 5.11 Å². The molecule has 0 heterocycles. The molecule has 0 spiro atoms. The Morgan fingerprint density at radius 1 is 1.55 bits per heavy atom. The van der Waals surface area contributed by atoms with Gasteiger partial charge < -0.3 is 5.11 Å². The molecule has 4 heteroatoms. The lowest BCUT2D eigenvalue weighted by molar-refractivity contribution is -0.159. The van der Waals surface area contributed by atoms with Crippen molar-refractivity contribution in [1.29, 1.82) is 0 Å². The van der Waals surface area contributed by atoms with E-state index in [1.807, 2.05) is 0 Å². The van der Waals surface area contributed by atoms with Gasteiger partial charge in [-0.15, -0.1) is 0 Å². The summed E-state index contributed by atoms with van der Waals surface area (Å²) in [6, 6.07) is 0. The molecule has 1 N–H and O–H groups in total. The lowest BCUT2D eigenvalue weighted by atomic mass is 9.85. The van der Waals surface area contributed by atoms with E-state index in [2.05, 4.69) is 0 Å². The fraction of sp³-hybridized carbons (Fsp3) is 0.714. The Morgan fingerprint density at radius 2 is 2.18 bits per heavy atom. The highest BCUT2D eigenvalue weighted by Gasteiger charge is 2.47. The molecule has 1 aliphatic carbocycles. The SMILES string of the molecule is O=C(O)C1(F)CCCCC1=O. The van der Waals surface area contributed by atoms with Crippen molar-refractivity contribution in [2.75, 3.05) is 0 Å². The number of Topliss-reactive ketones (excluding diaryl/α,β-unsaturated/α-hetero) is 1. The van der Waals surface area contributed by atoms with Crippen molar-refractivity contribution in [1.82, 2.24) is 0 Å². The van der Waals surface area contributed by atoms with Gasteiger partial charge in [0.05, 0.1) is 0 Å². The Labute approximate surface area is 63.2 Å². The van der Waals surface area contributed by atoms with Gasteiger partial charge in [0.2, 0.25) is 0 Å². The molecule has 0 bridgehead atoms. The molecular formula is C7H9FO3. The summed E-state index contributed by atoms with van der Waals surface area (Å²) in [5.41, 5.74) is -2.59. The number of rotatable bonds is 1. The fourth-order valence-electron chi connectivity index (χ4n) is 1.22. The van der Waals surface area contributed by atoms with Crippen LogP contribution in [0.3, 0.4) is 0 Å². The van der Waals surface area contributed by atoms with E-state index >= 15 is 0 Å². The summed E-state index contributed by atoms with van der Waals surface area (Å²) in [6.45, 7) is 0. The van der Waals surface area contributed by atoms with Gasteiger partial charge in [0.1, 0.15) is 0 Å². The van der Waals surface area contributed by atoms with Crippen molar-refractivity contribution in [3.63, 3.8) is 0 Å². The third-order valence-electron chi connectivity index (χ3n) is 1.96. The van der Waals surface area contributed by atoms with E-state index in [1.54, 1.807) is 0 Å². The lowest BCUT2D eigenvalue weighted by Gasteiger charge is -2.22. The molecule has 1 atom stereocenters. The van der Waals surface area contributed by atoms with Crippen molar-refractivity contribution in [2.45, 2.75) is 31.4 Å². The van der Waals surface area contributed by atoms with Crippen LogP contribution in [-0.2, 0) is 9.59 Å². The van der Waals surface area contributed by atoms with Crippen LogP contribution < -0.4 is 0 Å². The van der Waals surface area contributed by atoms with Crippen LogP contribution in [0.2, 0.25) is 0 Å². The maximum Gasteiger partial charge on any atom is 0.349 e. The van der Waals surface area contributed by atoms with Crippen LogP contribution in [0.15, 0.2) is 0 Å². The molecule has 0 amide bonds. The predicted octanol–water partition coefficient (Wildman–Crippen LogP) is 0.922. The molecule has 0 aliphatic heterocycles. The summed E-state index contributed by atoms with van der Waals surface area (Å²) in [5.74, 6) is -2.42. The van der Waals surface area contributed by atoms with Crippen molar-refractivity contribution < 1.29 is 19.1 Å². The molecule has 1 rings (SSSR count). The summed E-state index contributed by atoms with van der Waals surface area (Å²) in [5, 5.41) is 8.37. The zero-order valence-electron chi connectivity index (χ0n) is 5.97.